The summed E-state index contributed by atoms with van der Waals surface area (Å²) in [7, 11) is 0. The molecule has 3 aliphatic rings. The van der Waals surface area contributed by atoms with Crippen molar-refractivity contribution in [3.63, 3.8) is 0 Å². The highest BCUT2D eigenvalue weighted by molar-refractivity contribution is 6.06. The Hall–Kier alpha value is -3.13. The van der Waals surface area contributed by atoms with E-state index in [0.717, 1.165) is 37.6 Å². The maximum atomic E-state index is 5.36. The molecule has 30 heavy (non-hydrogen) atoms. The normalized spacial score (nSPS) is 20.5. The van der Waals surface area contributed by atoms with E-state index in [4.69, 9.17) is 4.98 Å². The average molecular weight is 391 g/mol. The van der Waals surface area contributed by atoms with Crippen LogP contribution in [0.1, 0.15) is 50.8 Å². The Bertz CT molecular complexity index is 1420. The highest BCUT2D eigenvalue weighted by Crippen LogP contribution is 2.34. The Morgan fingerprint density at radius 3 is 2.57 bits per heavy atom. The first-order valence-corrected chi connectivity index (χ1v) is 11.2. The zero-order valence-corrected chi connectivity index (χ0v) is 17.4. The van der Waals surface area contributed by atoms with Gasteiger partial charge in [0, 0.05) is 22.2 Å². The van der Waals surface area contributed by atoms with Gasteiger partial charge in [0.25, 0.3) is 0 Å². The van der Waals surface area contributed by atoms with Gasteiger partial charge in [0.05, 0.1) is 11.0 Å². The lowest BCUT2D eigenvalue weighted by Gasteiger charge is -2.20. The third-order valence-electron chi connectivity index (χ3n) is 6.68. The van der Waals surface area contributed by atoms with Gasteiger partial charge in [-0.3, -0.25) is 4.57 Å². The van der Waals surface area contributed by atoms with Gasteiger partial charge < -0.3 is 0 Å². The van der Waals surface area contributed by atoms with Gasteiger partial charge in [-0.1, -0.05) is 72.4 Å². The second-order valence-electron chi connectivity index (χ2n) is 8.64. The van der Waals surface area contributed by atoms with E-state index in [1.807, 2.05) is 0 Å². The van der Waals surface area contributed by atoms with Crippen molar-refractivity contribution in [1.29, 1.82) is 0 Å². The van der Waals surface area contributed by atoms with E-state index in [0.29, 0.717) is 5.92 Å². The van der Waals surface area contributed by atoms with Gasteiger partial charge in [-0.15, -0.1) is 0 Å². The number of rotatable bonds is 2. The van der Waals surface area contributed by atoms with Crippen molar-refractivity contribution in [3.05, 3.63) is 82.6 Å². The average Bonchev–Trinajstić information content (AvgIpc) is 3.21. The Labute approximate surface area is 176 Å². The first kappa shape index (κ1) is 17.7. The van der Waals surface area contributed by atoms with Crippen molar-refractivity contribution in [2.75, 3.05) is 0 Å². The number of allylic oxidation sites excluding steroid dienone is 8. The fourth-order valence-corrected chi connectivity index (χ4v) is 5.19. The molecule has 1 aromatic heterocycles. The summed E-state index contributed by atoms with van der Waals surface area (Å²) < 4.78 is 2.50. The molecule has 0 saturated carbocycles. The number of aromatic nitrogens is 2. The van der Waals surface area contributed by atoms with E-state index < -0.39 is 0 Å². The Morgan fingerprint density at radius 2 is 1.80 bits per heavy atom. The van der Waals surface area contributed by atoms with Crippen molar-refractivity contribution in [2.24, 2.45) is 0 Å². The lowest BCUT2D eigenvalue weighted by Crippen LogP contribution is -2.30. The smallest absolute Gasteiger partial charge is 0.121 e. The van der Waals surface area contributed by atoms with Crippen LogP contribution in [0.4, 0.5) is 0 Å². The van der Waals surface area contributed by atoms with Crippen LogP contribution >= 0.6 is 0 Å². The highest BCUT2D eigenvalue weighted by Gasteiger charge is 2.24. The summed E-state index contributed by atoms with van der Waals surface area (Å²) in [5.41, 5.74) is 5.17. The second kappa shape index (κ2) is 6.98. The zero-order chi connectivity index (χ0) is 20.1. The number of hydrogen-bond acceptors (Lipinski definition) is 1. The summed E-state index contributed by atoms with van der Waals surface area (Å²) in [5, 5.41) is 5.37. The minimum absolute atomic E-state index is 0.315. The molecule has 0 saturated heterocycles. The predicted octanol–water partition coefficient (Wildman–Crippen LogP) is 5.73. The van der Waals surface area contributed by atoms with Crippen LogP contribution in [0.5, 0.6) is 0 Å². The molecule has 3 aromatic rings. The molecule has 0 aliphatic heterocycles. The Morgan fingerprint density at radius 1 is 0.967 bits per heavy atom. The van der Waals surface area contributed by atoms with Gasteiger partial charge in [0.2, 0.25) is 0 Å². The highest BCUT2D eigenvalue weighted by atomic mass is 15.1. The Balaban J connectivity index is 1.77. The summed E-state index contributed by atoms with van der Waals surface area (Å²) in [6.45, 7) is 2.18. The van der Waals surface area contributed by atoms with Gasteiger partial charge in [-0.25, -0.2) is 4.98 Å². The number of benzene rings is 2. The number of nitrogens with zero attached hydrogens (tertiary/aromatic N) is 2. The summed E-state index contributed by atoms with van der Waals surface area (Å²) in [6, 6.07) is 8.81. The number of imidazole rings is 1. The monoisotopic (exact) mass is 390 g/mol. The van der Waals surface area contributed by atoms with Crippen LogP contribution in [0.2, 0.25) is 0 Å². The molecule has 3 aliphatic carbocycles. The van der Waals surface area contributed by atoms with Crippen LogP contribution < -0.4 is 10.4 Å². The van der Waals surface area contributed by atoms with Crippen LogP contribution in [0.3, 0.4) is 0 Å². The molecule has 1 atom stereocenters. The topological polar surface area (TPSA) is 17.8 Å². The first-order valence-electron chi connectivity index (χ1n) is 11.2. The van der Waals surface area contributed by atoms with E-state index in [-0.39, 0.29) is 0 Å². The lowest BCUT2D eigenvalue weighted by atomic mass is 9.96. The number of fused-ring (bicyclic) bond motifs is 6. The zero-order valence-electron chi connectivity index (χ0n) is 17.4. The maximum Gasteiger partial charge on any atom is 0.121 e. The van der Waals surface area contributed by atoms with Gasteiger partial charge in [0.15, 0.2) is 0 Å². The summed E-state index contributed by atoms with van der Waals surface area (Å²) in [4.78, 5) is 5.36. The van der Waals surface area contributed by atoms with Crippen molar-refractivity contribution < 1.29 is 0 Å². The molecule has 0 N–H and O–H groups in total. The quantitative estimate of drug-likeness (QED) is 0.547. The molecule has 2 heteroatoms. The molecule has 0 spiro atoms. The largest absolute Gasteiger partial charge is 0.299 e. The maximum absolute atomic E-state index is 5.36. The van der Waals surface area contributed by atoms with E-state index in [1.165, 1.54) is 43.8 Å². The van der Waals surface area contributed by atoms with E-state index in [1.54, 1.807) is 0 Å². The molecule has 2 aromatic carbocycles. The minimum Gasteiger partial charge on any atom is -0.299 e. The van der Waals surface area contributed by atoms with Crippen LogP contribution in [0.25, 0.3) is 39.7 Å². The van der Waals surface area contributed by atoms with Crippen LogP contribution in [-0.2, 0) is 0 Å². The number of hydrogen-bond donors (Lipinski definition) is 0. The van der Waals surface area contributed by atoms with Gasteiger partial charge in [-0.2, -0.15) is 0 Å². The fraction of sp³-hybridized carbons (Fsp3) is 0.250. The molecular weight excluding hydrogens is 364 g/mol. The van der Waals surface area contributed by atoms with Gasteiger partial charge in [0.1, 0.15) is 5.82 Å². The van der Waals surface area contributed by atoms with Crippen molar-refractivity contribution in [1.82, 2.24) is 9.55 Å². The van der Waals surface area contributed by atoms with Crippen molar-refractivity contribution >= 4 is 39.7 Å². The van der Waals surface area contributed by atoms with Gasteiger partial charge >= 0.3 is 0 Å². The van der Waals surface area contributed by atoms with E-state index >= 15 is 0 Å². The molecule has 0 fully saturated rings. The third-order valence-corrected chi connectivity index (χ3v) is 6.68. The van der Waals surface area contributed by atoms with Crippen LogP contribution in [-0.4, -0.2) is 9.55 Å². The summed E-state index contributed by atoms with van der Waals surface area (Å²) >= 11 is 0. The predicted molar refractivity (Wildman–Crippen MR) is 128 cm³/mol. The van der Waals surface area contributed by atoms with Crippen molar-refractivity contribution in [3.8, 4) is 0 Å². The molecule has 6 rings (SSSR count). The van der Waals surface area contributed by atoms with Crippen LogP contribution in [0.15, 0.2) is 66.3 Å². The minimum atomic E-state index is 0.315. The molecular formula is C28H26N2. The first-order chi connectivity index (χ1) is 14.8. The fourth-order valence-electron chi connectivity index (χ4n) is 5.19. The molecule has 1 unspecified atom stereocenters. The molecule has 0 amide bonds. The lowest BCUT2D eigenvalue weighted by molar-refractivity contribution is 0.748. The van der Waals surface area contributed by atoms with E-state index in [2.05, 4.69) is 84.4 Å². The molecule has 0 radical (unpaired) electrons. The Kier molecular flexibility index (Phi) is 4.12. The molecule has 2 nitrogen and oxygen atoms in total. The molecule has 1 heterocycles. The standard InChI is InChI=1S/C28H26N2/c1-19-15-17-20(18-16-19)28-29-26-24-13-7-5-11-22(24)23-12-6-8-14-25(23)27(26)30(28)21-9-3-2-4-10-21/h2-3,5,7,9,11-17,20H,4,6,8,10,18H2,1H3. The van der Waals surface area contributed by atoms with Gasteiger partial charge in [-0.05, 0) is 55.7 Å². The molecule has 148 valence electrons. The SMILES string of the molecule is CC1=CCC(c2nc3c4ccccc4c4c(c3n2C2=CC=CCC2)=CCCC=4)C=C1. The summed E-state index contributed by atoms with van der Waals surface area (Å²) in [5.74, 6) is 1.50. The van der Waals surface area contributed by atoms with Crippen LogP contribution in [0, 0.1) is 0 Å². The van der Waals surface area contributed by atoms with Crippen molar-refractivity contribution in [2.45, 2.75) is 44.9 Å². The molecule has 0 bridgehead atoms. The second-order valence-corrected chi connectivity index (χ2v) is 8.64. The summed E-state index contributed by atoms with van der Waals surface area (Å²) in [6.07, 6.45) is 24.0. The van der Waals surface area contributed by atoms with E-state index in [9.17, 15) is 0 Å². The third kappa shape index (κ3) is 2.67.